The molecule has 5 aromatic rings. The number of hydrogen-bond acceptors (Lipinski definition) is 7. The lowest BCUT2D eigenvalue weighted by Crippen LogP contribution is -2.15. The van der Waals surface area contributed by atoms with E-state index in [0.29, 0.717) is 22.2 Å². The Morgan fingerprint density at radius 1 is 1.18 bits per heavy atom. The van der Waals surface area contributed by atoms with Crippen molar-refractivity contribution in [2.24, 2.45) is 0 Å². The minimum atomic E-state index is -0.192. The minimum absolute atomic E-state index is 0.150. The number of allylic oxidation sites excluding steroid dienone is 1. The predicted molar refractivity (Wildman–Crippen MR) is 134 cm³/mol. The molecule has 33 heavy (non-hydrogen) atoms. The SMILES string of the molecule is C=C(C)n1c(SCC(=O)Nc2cc3oc4ccccc4c3cc2OC)nnc1-c1cccs1. The molecule has 1 N–H and O–H groups in total. The lowest BCUT2D eigenvalue weighted by molar-refractivity contribution is -0.113. The minimum Gasteiger partial charge on any atom is -0.495 e. The molecule has 7 nitrogen and oxygen atoms in total. The number of fused-ring (bicyclic) bond motifs is 3. The van der Waals surface area contributed by atoms with Crippen molar-refractivity contribution in [2.75, 3.05) is 18.2 Å². The highest BCUT2D eigenvalue weighted by molar-refractivity contribution is 7.99. The standard InChI is InChI=1S/C24H20N4O3S2/c1-14(2)28-23(21-9-6-10-32-21)26-27-24(28)33-13-22(29)25-17-12-19-16(11-20(17)30-3)15-7-4-5-8-18(15)31-19/h4-12H,1,13H2,2-3H3,(H,25,29). The summed E-state index contributed by atoms with van der Waals surface area (Å²) in [7, 11) is 1.58. The van der Waals surface area contributed by atoms with E-state index in [4.69, 9.17) is 9.15 Å². The zero-order chi connectivity index (χ0) is 22.9. The first-order valence-corrected chi connectivity index (χ1v) is 12.0. The normalized spacial score (nSPS) is 11.2. The lowest BCUT2D eigenvalue weighted by Gasteiger charge is -2.11. The van der Waals surface area contributed by atoms with Crippen LogP contribution in [0.25, 0.3) is 38.3 Å². The van der Waals surface area contributed by atoms with Gasteiger partial charge in [0, 0.05) is 22.5 Å². The van der Waals surface area contributed by atoms with Crippen molar-refractivity contribution in [1.29, 1.82) is 0 Å². The fourth-order valence-corrected chi connectivity index (χ4v) is 5.11. The average molecular weight is 477 g/mol. The number of thiophene rings is 1. The van der Waals surface area contributed by atoms with Gasteiger partial charge >= 0.3 is 0 Å². The topological polar surface area (TPSA) is 82.2 Å². The van der Waals surface area contributed by atoms with Crippen molar-refractivity contribution in [2.45, 2.75) is 12.1 Å². The van der Waals surface area contributed by atoms with Gasteiger partial charge in [-0.2, -0.15) is 0 Å². The van der Waals surface area contributed by atoms with Gasteiger partial charge in [-0.25, -0.2) is 0 Å². The molecule has 0 fully saturated rings. The maximum absolute atomic E-state index is 12.8. The van der Waals surface area contributed by atoms with Gasteiger partial charge in [0.1, 0.15) is 16.9 Å². The van der Waals surface area contributed by atoms with Crippen LogP contribution in [-0.2, 0) is 4.79 Å². The lowest BCUT2D eigenvalue weighted by atomic mass is 10.1. The second-order valence-corrected chi connectivity index (χ2v) is 9.23. The van der Waals surface area contributed by atoms with Crippen molar-refractivity contribution in [3.63, 3.8) is 0 Å². The Morgan fingerprint density at radius 2 is 2.03 bits per heavy atom. The molecule has 9 heteroatoms. The number of benzene rings is 2. The van der Waals surface area contributed by atoms with Gasteiger partial charge in [-0.05, 0) is 30.5 Å². The van der Waals surface area contributed by atoms with Crippen LogP contribution < -0.4 is 10.1 Å². The molecule has 0 bridgehead atoms. The van der Waals surface area contributed by atoms with Crippen LogP contribution in [0.15, 0.2) is 70.1 Å². The smallest absolute Gasteiger partial charge is 0.234 e. The van der Waals surface area contributed by atoms with Crippen molar-refractivity contribution in [3.05, 3.63) is 60.5 Å². The van der Waals surface area contributed by atoms with E-state index in [0.717, 1.165) is 32.8 Å². The quantitative estimate of drug-likeness (QED) is 0.284. The number of carbonyl (C=O) groups is 1. The molecule has 2 aromatic carbocycles. The van der Waals surface area contributed by atoms with Crippen molar-refractivity contribution in [3.8, 4) is 16.5 Å². The molecule has 0 spiro atoms. The maximum atomic E-state index is 12.8. The van der Waals surface area contributed by atoms with Gasteiger partial charge in [0.15, 0.2) is 11.0 Å². The number of furan rings is 1. The molecular formula is C24H20N4O3S2. The number of aromatic nitrogens is 3. The van der Waals surface area contributed by atoms with Crippen LogP contribution in [0.1, 0.15) is 6.92 Å². The summed E-state index contributed by atoms with van der Waals surface area (Å²) >= 11 is 2.88. The molecule has 0 unspecified atom stereocenters. The van der Waals surface area contributed by atoms with Gasteiger partial charge in [0.25, 0.3) is 0 Å². The summed E-state index contributed by atoms with van der Waals surface area (Å²) in [4.78, 5) is 13.8. The molecule has 166 valence electrons. The molecule has 0 saturated carbocycles. The highest BCUT2D eigenvalue weighted by atomic mass is 32.2. The Hall–Kier alpha value is -3.56. The van der Waals surface area contributed by atoms with Crippen LogP contribution in [0, 0.1) is 0 Å². The fraction of sp³-hybridized carbons (Fsp3) is 0.125. The van der Waals surface area contributed by atoms with E-state index in [1.807, 2.05) is 59.3 Å². The molecule has 1 amide bonds. The van der Waals surface area contributed by atoms with E-state index in [1.54, 1.807) is 24.5 Å². The first-order chi connectivity index (χ1) is 16.0. The number of carbonyl (C=O) groups excluding carboxylic acids is 1. The van der Waals surface area contributed by atoms with Crippen LogP contribution in [-0.4, -0.2) is 33.5 Å². The maximum Gasteiger partial charge on any atom is 0.234 e. The fourth-order valence-electron chi connectivity index (χ4n) is 3.61. The van der Waals surface area contributed by atoms with Crippen LogP contribution in [0.5, 0.6) is 5.75 Å². The average Bonchev–Trinajstić information content (AvgIpc) is 3.54. The molecular weight excluding hydrogens is 456 g/mol. The molecule has 0 aliphatic carbocycles. The van der Waals surface area contributed by atoms with Crippen LogP contribution in [0.4, 0.5) is 5.69 Å². The van der Waals surface area contributed by atoms with Crippen molar-refractivity contribution < 1.29 is 13.9 Å². The Bertz CT molecular complexity index is 1480. The number of thioether (sulfide) groups is 1. The van der Waals surface area contributed by atoms with Gasteiger partial charge in [-0.15, -0.1) is 21.5 Å². The van der Waals surface area contributed by atoms with Gasteiger partial charge in [0.05, 0.1) is 23.4 Å². The summed E-state index contributed by atoms with van der Waals surface area (Å²) in [6.45, 7) is 5.93. The Morgan fingerprint density at radius 3 is 2.79 bits per heavy atom. The van der Waals surface area contributed by atoms with E-state index in [2.05, 4.69) is 22.1 Å². The first kappa shape index (κ1) is 21.3. The molecule has 0 radical (unpaired) electrons. The second kappa shape index (κ2) is 8.76. The number of methoxy groups -OCH3 is 1. The zero-order valence-electron chi connectivity index (χ0n) is 18.0. The summed E-state index contributed by atoms with van der Waals surface area (Å²) in [5.74, 6) is 1.24. The largest absolute Gasteiger partial charge is 0.495 e. The molecule has 3 heterocycles. The van der Waals surface area contributed by atoms with E-state index in [-0.39, 0.29) is 11.7 Å². The number of hydrogen-bond donors (Lipinski definition) is 1. The molecule has 5 rings (SSSR count). The van der Waals surface area contributed by atoms with Gasteiger partial charge in [-0.1, -0.05) is 42.6 Å². The van der Waals surface area contributed by atoms with E-state index >= 15 is 0 Å². The van der Waals surface area contributed by atoms with Crippen LogP contribution in [0.3, 0.4) is 0 Å². The number of amides is 1. The van der Waals surface area contributed by atoms with Gasteiger partial charge in [-0.3, -0.25) is 9.36 Å². The Labute approximate surface area is 198 Å². The summed E-state index contributed by atoms with van der Waals surface area (Å²) in [6.07, 6.45) is 0. The number of rotatable bonds is 7. The van der Waals surface area contributed by atoms with E-state index in [1.165, 1.54) is 11.8 Å². The third-order valence-corrected chi connectivity index (χ3v) is 6.86. The summed E-state index contributed by atoms with van der Waals surface area (Å²) in [5.41, 5.74) is 2.80. The summed E-state index contributed by atoms with van der Waals surface area (Å²) < 4.78 is 13.3. The van der Waals surface area contributed by atoms with Crippen molar-refractivity contribution in [1.82, 2.24) is 14.8 Å². The Kier molecular flexibility index (Phi) is 5.65. The number of nitrogens with one attached hydrogen (secondary N) is 1. The van der Waals surface area contributed by atoms with Crippen molar-refractivity contribution >= 4 is 62.3 Å². The zero-order valence-corrected chi connectivity index (χ0v) is 19.6. The third-order valence-electron chi connectivity index (χ3n) is 5.06. The highest BCUT2D eigenvalue weighted by Gasteiger charge is 2.18. The van der Waals surface area contributed by atoms with Crippen LogP contribution in [0.2, 0.25) is 0 Å². The monoisotopic (exact) mass is 476 g/mol. The Balaban J connectivity index is 1.36. The second-order valence-electron chi connectivity index (χ2n) is 7.34. The summed E-state index contributed by atoms with van der Waals surface area (Å²) in [6, 6.07) is 15.4. The van der Waals surface area contributed by atoms with E-state index < -0.39 is 0 Å². The first-order valence-electron chi connectivity index (χ1n) is 10.1. The van der Waals surface area contributed by atoms with Gasteiger partial charge in [0.2, 0.25) is 5.91 Å². The van der Waals surface area contributed by atoms with E-state index in [9.17, 15) is 4.79 Å². The molecule has 3 aromatic heterocycles. The van der Waals surface area contributed by atoms with Gasteiger partial charge < -0.3 is 14.5 Å². The number of anilines is 1. The number of ether oxygens (including phenoxy) is 1. The predicted octanol–water partition coefficient (Wildman–Crippen LogP) is 6.14. The molecule has 0 atom stereocenters. The van der Waals surface area contributed by atoms with Crippen LogP contribution >= 0.6 is 23.1 Å². The summed E-state index contributed by atoms with van der Waals surface area (Å²) in [5, 5.41) is 16.0. The number of nitrogens with zero attached hydrogens (tertiary/aromatic N) is 3. The number of para-hydroxylation sites is 1. The molecule has 0 aliphatic heterocycles. The highest BCUT2D eigenvalue weighted by Crippen LogP contribution is 2.36. The third kappa shape index (κ3) is 4.01. The molecule has 0 saturated heterocycles. The molecule has 0 aliphatic rings.